The fourth-order valence-electron chi connectivity index (χ4n) is 2.04. The minimum atomic E-state index is -0.975. The van der Waals surface area contributed by atoms with Gasteiger partial charge in [-0.15, -0.1) is 11.3 Å². The van der Waals surface area contributed by atoms with Crippen LogP contribution in [0.5, 0.6) is 0 Å². The standard InChI is InChI=1S/C16H14N2O3S/c17-7-6-11-3-1-4-12(9-11)16(21)18-13(10-15(19)20)14-5-2-8-22-14/h1-5,8-9,13H,6,10H2,(H,18,21)(H,19,20). The van der Waals surface area contributed by atoms with E-state index in [1.165, 1.54) is 11.3 Å². The SMILES string of the molecule is N#CCc1cccc(C(=O)NC(CC(=O)O)c2cccs2)c1. The van der Waals surface area contributed by atoms with Crippen LogP contribution >= 0.6 is 11.3 Å². The summed E-state index contributed by atoms with van der Waals surface area (Å²) in [5, 5.41) is 22.3. The lowest BCUT2D eigenvalue weighted by Gasteiger charge is -2.15. The van der Waals surface area contributed by atoms with Crippen LogP contribution < -0.4 is 5.32 Å². The van der Waals surface area contributed by atoms with Gasteiger partial charge in [0.2, 0.25) is 0 Å². The van der Waals surface area contributed by atoms with Crippen molar-refractivity contribution in [1.82, 2.24) is 5.32 Å². The van der Waals surface area contributed by atoms with Crippen molar-refractivity contribution >= 4 is 23.2 Å². The number of rotatable bonds is 6. The van der Waals surface area contributed by atoms with Gasteiger partial charge >= 0.3 is 5.97 Å². The molecule has 22 heavy (non-hydrogen) atoms. The zero-order valence-electron chi connectivity index (χ0n) is 11.7. The van der Waals surface area contributed by atoms with Crippen molar-refractivity contribution in [2.45, 2.75) is 18.9 Å². The Labute approximate surface area is 131 Å². The van der Waals surface area contributed by atoms with Crippen LogP contribution in [-0.4, -0.2) is 17.0 Å². The molecule has 2 N–H and O–H groups in total. The van der Waals surface area contributed by atoms with Gasteiger partial charge in [0.15, 0.2) is 0 Å². The molecule has 0 fully saturated rings. The van der Waals surface area contributed by atoms with Gasteiger partial charge in [0.1, 0.15) is 0 Å². The van der Waals surface area contributed by atoms with Crippen LogP contribution in [0.1, 0.15) is 33.3 Å². The number of carbonyl (C=O) groups excluding carboxylic acids is 1. The molecule has 0 saturated carbocycles. The van der Waals surface area contributed by atoms with E-state index in [1.807, 2.05) is 17.5 Å². The predicted octanol–water partition coefficient (Wildman–Crippen LogP) is 2.76. The van der Waals surface area contributed by atoms with E-state index in [-0.39, 0.29) is 18.7 Å². The molecule has 6 heteroatoms. The van der Waals surface area contributed by atoms with Crippen molar-refractivity contribution in [2.75, 3.05) is 0 Å². The highest BCUT2D eigenvalue weighted by molar-refractivity contribution is 7.10. The van der Waals surface area contributed by atoms with E-state index >= 15 is 0 Å². The number of aliphatic carboxylic acids is 1. The molecule has 0 saturated heterocycles. The highest BCUT2D eigenvalue weighted by atomic mass is 32.1. The smallest absolute Gasteiger partial charge is 0.305 e. The summed E-state index contributed by atoms with van der Waals surface area (Å²) in [5.41, 5.74) is 1.17. The number of amides is 1. The average Bonchev–Trinajstić information content (AvgIpc) is 3.01. The monoisotopic (exact) mass is 314 g/mol. The molecule has 1 aromatic heterocycles. The third-order valence-electron chi connectivity index (χ3n) is 3.04. The minimum absolute atomic E-state index is 0.176. The van der Waals surface area contributed by atoms with Crippen molar-refractivity contribution < 1.29 is 14.7 Å². The molecular weight excluding hydrogens is 300 g/mol. The molecule has 0 aliphatic rings. The Kier molecular flexibility index (Phi) is 5.28. The van der Waals surface area contributed by atoms with Gasteiger partial charge in [-0.05, 0) is 29.1 Å². The maximum Gasteiger partial charge on any atom is 0.305 e. The molecule has 0 bridgehead atoms. The van der Waals surface area contributed by atoms with Crippen molar-refractivity contribution in [3.05, 3.63) is 57.8 Å². The summed E-state index contributed by atoms with van der Waals surface area (Å²) >= 11 is 1.40. The van der Waals surface area contributed by atoms with Gasteiger partial charge in [0.05, 0.1) is 25.0 Å². The summed E-state index contributed by atoms with van der Waals surface area (Å²) < 4.78 is 0. The summed E-state index contributed by atoms with van der Waals surface area (Å²) in [6.07, 6.45) is 0.0503. The van der Waals surface area contributed by atoms with E-state index < -0.39 is 12.0 Å². The lowest BCUT2D eigenvalue weighted by atomic mass is 10.1. The first kappa shape index (κ1) is 15.7. The molecule has 1 amide bonds. The van der Waals surface area contributed by atoms with Crippen molar-refractivity contribution in [3.63, 3.8) is 0 Å². The van der Waals surface area contributed by atoms with Gasteiger partial charge in [-0.25, -0.2) is 0 Å². The zero-order chi connectivity index (χ0) is 15.9. The van der Waals surface area contributed by atoms with Gasteiger partial charge in [-0.2, -0.15) is 5.26 Å². The number of hydrogen-bond donors (Lipinski definition) is 2. The molecule has 0 spiro atoms. The Morgan fingerprint density at radius 2 is 2.14 bits per heavy atom. The third-order valence-corrected chi connectivity index (χ3v) is 4.03. The molecule has 1 aromatic carbocycles. The number of nitrogens with one attached hydrogen (secondary N) is 1. The van der Waals surface area contributed by atoms with Crippen molar-refractivity contribution in [1.29, 1.82) is 5.26 Å². The first-order chi connectivity index (χ1) is 10.6. The topological polar surface area (TPSA) is 90.2 Å². The van der Waals surface area contributed by atoms with Crippen LogP contribution in [0.4, 0.5) is 0 Å². The molecule has 1 heterocycles. The first-order valence-electron chi connectivity index (χ1n) is 6.62. The van der Waals surface area contributed by atoms with Crippen LogP contribution in [0.3, 0.4) is 0 Å². The first-order valence-corrected chi connectivity index (χ1v) is 7.50. The van der Waals surface area contributed by atoms with Gasteiger partial charge in [-0.3, -0.25) is 9.59 Å². The van der Waals surface area contributed by atoms with Crippen molar-refractivity contribution in [3.8, 4) is 6.07 Å². The summed E-state index contributed by atoms with van der Waals surface area (Å²) in [5.74, 6) is -1.32. The quantitative estimate of drug-likeness (QED) is 0.858. The maximum atomic E-state index is 12.3. The number of benzene rings is 1. The summed E-state index contributed by atoms with van der Waals surface area (Å²) in [4.78, 5) is 24.1. The molecule has 1 unspecified atom stereocenters. The minimum Gasteiger partial charge on any atom is -0.481 e. The Morgan fingerprint density at radius 1 is 1.32 bits per heavy atom. The molecule has 0 aliphatic carbocycles. The molecule has 2 rings (SSSR count). The maximum absolute atomic E-state index is 12.3. The van der Waals surface area contributed by atoms with E-state index in [0.717, 1.165) is 10.4 Å². The average molecular weight is 314 g/mol. The Balaban J connectivity index is 2.16. The fraction of sp³-hybridized carbons (Fsp3) is 0.188. The van der Waals surface area contributed by atoms with E-state index in [4.69, 9.17) is 10.4 Å². The predicted molar refractivity (Wildman–Crippen MR) is 82.5 cm³/mol. The normalized spacial score (nSPS) is 11.4. The molecule has 0 radical (unpaired) electrons. The van der Waals surface area contributed by atoms with E-state index in [0.29, 0.717) is 5.56 Å². The molecule has 0 aliphatic heterocycles. The number of nitrogens with zero attached hydrogens (tertiary/aromatic N) is 1. The summed E-state index contributed by atoms with van der Waals surface area (Å²) in [7, 11) is 0. The fourth-order valence-corrected chi connectivity index (χ4v) is 2.82. The number of carboxylic acids is 1. The highest BCUT2D eigenvalue weighted by Gasteiger charge is 2.19. The second-order valence-corrected chi connectivity index (χ2v) is 5.65. The molecular formula is C16H14N2O3S. The largest absolute Gasteiger partial charge is 0.481 e. The second kappa shape index (κ2) is 7.38. The Hall–Kier alpha value is -2.65. The second-order valence-electron chi connectivity index (χ2n) is 4.67. The van der Waals surface area contributed by atoms with Crippen LogP contribution in [0.2, 0.25) is 0 Å². The van der Waals surface area contributed by atoms with Gasteiger partial charge < -0.3 is 10.4 Å². The molecule has 1 atom stereocenters. The Bertz CT molecular complexity index is 704. The van der Waals surface area contributed by atoms with E-state index in [9.17, 15) is 9.59 Å². The van der Waals surface area contributed by atoms with Gasteiger partial charge in [-0.1, -0.05) is 18.2 Å². The van der Waals surface area contributed by atoms with Crippen molar-refractivity contribution in [2.24, 2.45) is 0 Å². The van der Waals surface area contributed by atoms with Crippen LogP contribution in [0.15, 0.2) is 41.8 Å². The number of carbonyl (C=O) groups is 2. The number of nitriles is 1. The number of hydrogen-bond acceptors (Lipinski definition) is 4. The molecule has 112 valence electrons. The number of carboxylic acid groups (broad SMARTS) is 1. The van der Waals surface area contributed by atoms with E-state index in [1.54, 1.807) is 30.3 Å². The number of thiophene rings is 1. The van der Waals surface area contributed by atoms with Crippen LogP contribution in [-0.2, 0) is 11.2 Å². The summed E-state index contributed by atoms with van der Waals surface area (Å²) in [6, 6.07) is 11.8. The lowest BCUT2D eigenvalue weighted by Crippen LogP contribution is -2.29. The highest BCUT2D eigenvalue weighted by Crippen LogP contribution is 2.22. The summed E-state index contributed by atoms with van der Waals surface area (Å²) in [6.45, 7) is 0. The van der Waals surface area contributed by atoms with Gasteiger partial charge in [0.25, 0.3) is 5.91 Å². The third kappa shape index (κ3) is 4.17. The van der Waals surface area contributed by atoms with Crippen LogP contribution in [0.25, 0.3) is 0 Å². The zero-order valence-corrected chi connectivity index (χ0v) is 12.5. The molecule has 2 aromatic rings. The van der Waals surface area contributed by atoms with Gasteiger partial charge in [0, 0.05) is 10.4 Å². The Morgan fingerprint density at radius 3 is 2.77 bits per heavy atom. The van der Waals surface area contributed by atoms with E-state index in [2.05, 4.69) is 5.32 Å². The molecule has 5 nitrogen and oxygen atoms in total. The lowest BCUT2D eigenvalue weighted by molar-refractivity contribution is -0.137. The van der Waals surface area contributed by atoms with Crippen LogP contribution in [0, 0.1) is 11.3 Å².